The van der Waals surface area contributed by atoms with Crippen molar-refractivity contribution in [2.45, 2.75) is 18.9 Å². The van der Waals surface area contributed by atoms with Crippen molar-refractivity contribution >= 4 is 11.7 Å². The van der Waals surface area contributed by atoms with Crippen LogP contribution in [-0.2, 0) is 0 Å². The van der Waals surface area contributed by atoms with Crippen LogP contribution in [0.1, 0.15) is 24.4 Å². The summed E-state index contributed by atoms with van der Waals surface area (Å²) >= 11 is 0. The summed E-state index contributed by atoms with van der Waals surface area (Å²) in [7, 11) is 1.56. The largest absolute Gasteiger partial charge is 0.481 e. The quantitative estimate of drug-likeness (QED) is 0.946. The number of hydrogen-bond donors (Lipinski definition) is 1. The highest BCUT2D eigenvalue weighted by atomic mass is 16.5. The number of aromatic nitrogens is 2. The van der Waals surface area contributed by atoms with Crippen molar-refractivity contribution in [2.24, 2.45) is 0 Å². The van der Waals surface area contributed by atoms with Gasteiger partial charge in [-0.15, -0.1) is 0 Å². The van der Waals surface area contributed by atoms with E-state index in [9.17, 15) is 4.79 Å². The van der Waals surface area contributed by atoms with Gasteiger partial charge in [-0.25, -0.2) is 9.78 Å². The van der Waals surface area contributed by atoms with Crippen LogP contribution < -0.4 is 10.1 Å². The van der Waals surface area contributed by atoms with E-state index >= 15 is 0 Å². The van der Waals surface area contributed by atoms with Crippen LogP contribution >= 0.6 is 0 Å². The van der Waals surface area contributed by atoms with Gasteiger partial charge in [0, 0.05) is 25.0 Å². The summed E-state index contributed by atoms with van der Waals surface area (Å²) in [5.41, 5.74) is 1.78. The SMILES string of the molecule is COc1ccc(NC(=O)N2CCCC2c2ccncc2)cn1. The maximum atomic E-state index is 12.5. The summed E-state index contributed by atoms with van der Waals surface area (Å²) in [6.45, 7) is 0.752. The molecule has 1 aliphatic heterocycles. The van der Waals surface area contributed by atoms with E-state index in [0.717, 1.165) is 24.9 Å². The molecule has 1 atom stereocenters. The molecular formula is C16H18N4O2. The van der Waals surface area contributed by atoms with Gasteiger partial charge in [0.05, 0.1) is 25.0 Å². The van der Waals surface area contributed by atoms with Crippen LogP contribution in [0.4, 0.5) is 10.5 Å². The fourth-order valence-electron chi connectivity index (χ4n) is 2.71. The number of hydrogen-bond acceptors (Lipinski definition) is 4. The third kappa shape index (κ3) is 3.00. The number of nitrogens with zero attached hydrogens (tertiary/aromatic N) is 3. The Labute approximate surface area is 129 Å². The third-order valence-electron chi connectivity index (χ3n) is 3.80. The van der Waals surface area contributed by atoms with Gasteiger partial charge in [0.2, 0.25) is 5.88 Å². The fourth-order valence-corrected chi connectivity index (χ4v) is 2.71. The van der Waals surface area contributed by atoms with Gasteiger partial charge < -0.3 is 15.0 Å². The molecule has 1 unspecified atom stereocenters. The predicted molar refractivity (Wildman–Crippen MR) is 82.7 cm³/mol. The molecule has 6 nitrogen and oxygen atoms in total. The van der Waals surface area contributed by atoms with Gasteiger partial charge in [0.1, 0.15) is 0 Å². The maximum Gasteiger partial charge on any atom is 0.322 e. The van der Waals surface area contributed by atoms with Gasteiger partial charge in [-0.2, -0.15) is 0 Å². The Morgan fingerprint density at radius 2 is 2.14 bits per heavy atom. The number of pyridine rings is 2. The zero-order valence-corrected chi connectivity index (χ0v) is 12.4. The summed E-state index contributed by atoms with van der Waals surface area (Å²) in [4.78, 5) is 22.5. The molecule has 0 radical (unpaired) electrons. The van der Waals surface area contributed by atoms with Gasteiger partial charge in [0.15, 0.2) is 0 Å². The minimum absolute atomic E-state index is 0.105. The van der Waals surface area contributed by atoms with Gasteiger partial charge in [0.25, 0.3) is 0 Å². The Hall–Kier alpha value is -2.63. The second-order valence-electron chi connectivity index (χ2n) is 5.15. The molecule has 114 valence electrons. The summed E-state index contributed by atoms with van der Waals surface area (Å²) in [5, 5.41) is 2.89. The van der Waals surface area contributed by atoms with Gasteiger partial charge in [-0.05, 0) is 36.6 Å². The molecule has 0 saturated carbocycles. The molecule has 2 aromatic heterocycles. The predicted octanol–water partition coefficient (Wildman–Crippen LogP) is 2.85. The number of carbonyl (C=O) groups is 1. The maximum absolute atomic E-state index is 12.5. The molecule has 3 rings (SSSR count). The van der Waals surface area contributed by atoms with Crippen molar-refractivity contribution in [3.8, 4) is 5.88 Å². The molecule has 0 aliphatic carbocycles. The number of likely N-dealkylation sites (tertiary alicyclic amines) is 1. The average Bonchev–Trinajstić information content (AvgIpc) is 3.06. The molecule has 0 aromatic carbocycles. The van der Waals surface area contributed by atoms with Crippen LogP contribution in [0.3, 0.4) is 0 Å². The van der Waals surface area contributed by atoms with Crippen LogP contribution in [0.2, 0.25) is 0 Å². The Kier molecular flexibility index (Phi) is 4.18. The van der Waals surface area contributed by atoms with Crippen molar-refractivity contribution < 1.29 is 9.53 Å². The number of methoxy groups -OCH3 is 1. The number of carbonyl (C=O) groups excluding carboxylic acids is 1. The molecule has 0 bridgehead atoms. The van der Waals surface area contributed by atoms with Crippen molar-refractivity contribution in [3.63, 3.8) is 0 Å². The zero-order valence-electron chi connectivity index (χ0n) is 12.4. The second kappa shape index (κ2) is 6.43. The first-order valence-electron chi connectivity index (χ1n) is 7.25. The molecule has 1 saturated heterocycles. The molecule has 2 aromatic rings. The van der Waals surface area contributed by atoms with E-state index in [-0.39, 0.29) is 12.1 Å². The van der Waals surface area contributed by atoms with Gasteiger partial charge in [-0.3, -0.25) is 4.98 Å². The van der Waals surface area contributed by atoms with Gasteiger partial charge >= 0.3 is 6.03 Å². The van der Waals surface area contributed by atoms with Crippen molar-refractivity contribution in [2.75, 3.05) is 19.0 Å². The van der Waals surface area contributed by atoms with Crippen molar-refractivity contribution in [1.29, 1.82) is 0 Å². The summed E-state index contributed by atoms with van der Waals surface area (Å²) in [5.74, 6) is 0.522. The van der Waals surface area contributed by atoms with Crippen molar-refractivity contribution in [3.05, 3.63) is 48.4 Å². The molecule has 1 fully saturated rings. The van der Waals surface area contributed by atoms with Crippen LogP contribution in [0, 0.1) is 0 Å². The van der Waals surface area contributed by atoms with E-state index in [1.54, 1.807) is 37.8 Å². The summed E-state index contributed by atoms with van der Waals surface area (Å²) in [6.07, 6.45) is 7.09. The molecule has 3 heterocycles. The zero-order chi connectivity index (χ0) is 15.4. The van der Waals surface area contributed by atoms with Crippen molar-refractivity contribution in [1.82, 2.24) is 14.9 Å². The minimum Gasteiger partial charge on any atom is -0.481 e. The normalized spacial score (nSPS) is 17.3. The second-order valence-corrected chi connectivity index (χ2v) is 5.15. The average molecular weight is 298 g/mol. The molecule has 22 heavy (non-hydrogen) atoms. The van der Waals surface area contributed by atoms with Gasteiger partial charge in [-0.1, -0.05) is 0 Å². The molecule has 1 aliphatic rings. The number of anilines is 1. The molecular weight excluding hydrogens is 280 g/mol. The Morgan fingerprint density at radius 3 is 2.82 bits per heavy atom. The highest BCUT2D eigenvalue weighted by molar-refractivity contribution is 5.89. The molecule has 1 N–H and O–H groups in total. The number of amides is 2. The number of rotatable bonds is 3. The van der Waals surface area contributed by atoms with Crippen LogP contribution in [0.25, 0.3) is 0 Å². The fraction of sp³-hybridized carbons (Fsp3) is 0.312. The molecule has 2 amide bonds. The van der Waals surface area contributed by atoms with E-state index in [4.69, 9.17) is 4.74 Å². The van der Waals surface area contributed by atoms with Crippen LogP contribution in [0.5, 0.6) is 5.88 Å². The highest BCUT2D eigenvalue weighted by Gasteiger charge is 2.29. The highest BCUT2D eigenvalue weighted by Crippen LogP contribution is 2.31. The van der Waals surface area contributed by atoms with E-state index < -0.39 is 0 Å². The molecule has 6 heteroatoms. The Balaban J connectivity index is 1.70. The number of nitrogens with one attached hydrogen (secondary N) is 1. The monoisotopic (exact) mass is 298 g/mol. The lowest BCUT2D eigenvalue weighted by molar-refractivity contribution is 0.207. The Morgan fingerprint density at radius 1 is 1.32 bits per heavy atom. The standard InChI is InChI=1S/C16H18N4O2/c1-22-15-5-4-13(11-18-15)19-16(21)20-10-2-3-14(20)12-6-8-17-9-7-12/h4-9,11,14H,2-3,10H2,1H3,(H,19,21). The van der Waals surface area contributed by atoms with E-state index in [0.29, 0.717) is 11.6 Å². The minimum atomic E-state index is -0.105. The first-order chi connectivity index (χ1) is 10.8. The lowest BCUT2D eigenvalue weighted by Crippen LogP contribution is -2.34. The Bertz CT molecular complexity index is 630. The summed E-state index contributed by atoms with van der Waals surface area (Å²) < 4.78 is 5.01. The topological polar surface area (TPSA) is 67.3 Å². The lowest BCUT2D eigenvalue weighted by atomic mass is 10.1. The lowest BCUT2D eigenvalue weighted by Gasteiger charge is -2.25. The van der Waals surface area contributed by atoms with E-state index in [1.807, 2.05) is 17.0 Å². The van der Waals surface area contributed by atoms with E-state index in [1.165, 1.54) is 0 Å². The number of ether oxygens (including phenoxy) is 1. The van der Waals surface area contributed by atoms with E-state index in [2.05, 4.69) is 15.3 Å². The number of urea groups is 1. The smallest absolute Gasteiger partial charge is 0.322 e. The first kappa shape index (κ1) is 14.3. The summed E-state index contributed by atoms with van der Waals surface area (Å²) in [6, 6.07) is 7.43. The third-order valence-corrected chi connectivity index (χ3v) is 3.80. The van der Waals surface area contributed by atoms with Crippen LogP contribution in [-0.4, -0.2) is 34.6 Å². The first-order valence-corrected chi connectivity index (χ1v) is 7.25. The van der Waals surface area contributed by atoms with Crippen LogP contribution in [0.15, 0.2) is 42.9 Å². The molecule has 0 spiro atoms.